The van der Waals surface area contributed by atoms with Crippen molar-refractivity contribution in [3.63, 3.8) is 0 Å². The van der Waals surface area contributed by atoms with Gasteiger partial charge in [0.15, 0.2) is 11.6 Å². The average molecular weight is 343 g/mol. The summed E-state index contributed by atoms with van der Waals surface area (Å²) >= 11 is 0. The Morgan fingerprint density at radius 3 is 2.92 bits per heavy atom. The van der Waals surface area contributed by atoms with Crippen LogP contribution in [0.4, 0.5) is 5.69 Å². The smallest absolute Gasteiger partial charge is 0.227 e. The molecule has 0 unspecified atom stereocenters. The lowest BCUT2D eigenvalue weighted by atomic mass is 9.81. The average Bonchev–Trinajstić information content (AvgIpc) is 3.11. The van der Waals surface area contributed by atoms with Gasteiger partial charge in [-0.2, -0.15) is 5.10 Å². The molecular formula is C17H25N7O. The minimum atomic E-state index is 0.0499. The van der Waals surface area contributed by atoms with E-state index < -0.39 is 0 Å². The SMILES string of the molecule is CN=C(N)N(C)CC1CCC(C(=O)Nc2ccnc3[nH]ncc23)CC1. The first-order valence-electron chi connectivity index (χ1n) is 8.60. The van der Waals surface area contributed by atoms with E-state index >= 15 is 0 Å². The monoisotopic (exact) mass is 343 g/mol. The summed E-state index contributed by atoms with van der Waals surface area (Å²) in [6.07, 6.45) is 7.20. The molecule has 1 saturated carbocycles. The summed E-state index contributed by atoms with van der Waals surface area (Å²) < 4.78 is 0. The van der Waals surface area contributed by atoms with Gasteiger partial charge in [-0.25, -0.2) is 4.98 Å². The maximum absolute atomic E-state index is 12.6. The van der Waals surface area contributed by atoms with Crippen LogP contribution in [0.25, 0.3) is 11.0 Å². The Kier molecular flexibility index (Phi) is 5.16. The zero-order chi connectivity index (χ0) is 17.8. The van der Waals surface area contributed by atoms with E-state index in [1.54, 1.807) is 19.4 Å². The van der Waals surface area contributed by atoms with Crippen molar-refractivity contribution in [3.05, 3.63) is 18.5 Å². The summed E-state index contributed by atoms with van der Waals surface area (Å²) in [5.74, 6) is 1.24. The van der Waals surface area contributed by atoms with Gasteiger partial charge in [0.05, 0.1) is 17.3 Å². The third kappa shape index (κ3) is 3.89. The molecule has 2 aromatic heterocycles. The highest BCUT2D eigenvalue weighted by atomic mass is 16.1. The van der Waals surface area contributed by atoms with Gasteiger partial charge >= 0.3 is 0 Å². The molecule has 1 aliphatic carbocycles. The van der Waals surface area contributed by atoms with Crippen molar-refractivity contribution in [2.75, 3.05) is 26.0 Å². The number of guanidine groups is 1. The number of anilines is 1. The topological polar surface area (TPSA) is 112 Å². The molecule has 1 fully saturated rings. The van der Waals surface area contributed by atoms with Gasteiger partial charge in [0, 0.05) is 32.8 Å². The van der Waals surface area contributed by atoms with Crippen molar-refractivity contribution < 1.29 is 4.79 Å². The number of aromatic nitrogens is 3. The number of carbonyl (C=O) groups is 1. The molecule has 0 spiro atoms. The first-order chi connectivity index (χ1) is 12.1. The molecule has 0 aliphatic heterocycles. The molecule has 0 bridgehead atoms. The van der Waals surface area contributed by atoms with Gasteiger partial charge in [-0.15, -0.1) is 0 Å². The van der Waals surface area contributed by atoms with E-state index in [4.69, 9.17) is 5.73 Å². The predicted molar refractivity (Wildman–Crippen MR) is 98.1 cm³/mol. The molecular weight excluding hydrogens is 318 g/mol. The number of aliphatic imine (C=N–C) groups is 1. The molecule has 25 heavy (non-hydrogen) atoms. The molecule has 1 amide bonds. The second-order valence-corrected chi connectivity index (χ2v) is 6.66. The summed E-state index contributed by atoms with van der Waals surface area (Å²) in [4.78, 5) is 22.8. The number of pyridine rings is 1. The van der Waals surface area contributed by atoms with E-state index in [-0.39, 0.29) is 11.8 Å². The summed E-state index contributed by atoms with van der Waals surface area (Å²) in [6, 6.07) is 1.81. The number of aromatic amines is 1. The lowest BCUT2D eigenvalue weighted by Gasteiger charge is -2.31. The number of nitrogens with two attached hydrogens (primary N) is 1. The van der Waals surface area contributed by atoms with E-state index in [1.165, 1.54) is 0 Å². The van der Waals surface area contributed by atoms with Crippen LogP contribution in [-0.2, 0) is 4.79 Å². The summed E-state index contributed by atoms with van der Waals surface area (Å²) in [7, 11) is 3.66. The molecule has 2 aromatic rings. The summed E-state index contributed by atoms with van der Waals surface area (Å²) in [5.41, 5.74) is 7.27. The first kappa shape index (κ1) is 17.2. The van der Waals surface area contributed by atoms with E-state index in [0.717, 1.165) is 43.3 Å². The van der Waals surface area contributed by atoms with Crippen LogP contribution in [-0.4, -0.2) is 52.6 Å². The van der Waals surface area contributed by atoms with Crippen LogP contribution in [0.5, 0.6) is 0 Å². The van der Waals surface area contributed by atoms with Crippen molar-refractivity contribution in [1.29, 1.82) is 0 Å². The summed E-state index contributed by atoms with van der Waals surface area (Å²) in [6.45, 7) is 0.886. The minimum Gasteiger partial charge on any atom is -0.370 e. The second kappa shape index (κ2) is 7.50. The van der Waals surface area contributed by atoms with E-state index in [2.05, 4.69) is 25.5 Å². The van der Waals surface area contributed by atoms with Crippen LogP contribution < -0.4 is 11.1 Å². The maximum atomic E-state index is 12.6. The Bertz CT molecular complexity index is 761. The van der Waals surface area contributed by atoms with Crippen LogP contribution in [0.3, 0.4) is 0 Å². The molecule has 3 rings (SSSR count). The van der Waals surface area contributed by atoms with Crippen LogP contribution in [0, 0.1) is 11.8 Å². The lowest BCUT2D eigenvalue weighted by molar-refractivity contribution is -0.121. The van der Waals surface area contributed by atoms with Crippen LogP contribution in [0.1, 0.15) is 25.7 Å². The molecule has 8 heteroatoms. The molecule has 0 radical (unpaired) electrons. The number of nitrogens with one attached hydrogen (secondary N) is 2. The Morgan fingerprint density at radius 1 is 1.44 bits per heavy atom. The van der Waals surface area contributed by atoms with Gasteiger partial charge < -0.3 is 16.0 Å². The third-order valence-electron chi connectivity index (χ3n) is 4.98. The van der Waals surface area contributed by atoms with E-state index in [1.807, 2.05) is 18.0 Å². The quantitative estimate of drug-likeness (QED) is 0.576. The van der Waals surface area contributed by atoms with Gasteiger partial charge in [0.2, 0.25) is 5.91 Å². The van der Waals surface area contributed by atoms with Crippen LogP contribution >= 0.6 is 0 Å². The zero-order valence-corrected chi connectivity index (χ0v) is 14.7. The highest BCUT2D eigenvalue weighted by Gasteiger charge is 2.27. The Labute approximate surface area is 146 Å². The molecule has 2 heterocycles. The van der Waals surface area contributed by atoms with E-state index in [0.29, 0.717) is 17.5 Å². The van der Waals surface area contributed by atoms with Gasteiger partial charge in [-0.3, -0.25) is 14.9 Å². The first-order valence-corrected chi connectivity index (χ1v) is 8.60. The predicted octanol–water partition coefficient (Wildman–Crippen LogP) is 1.58. The van der Waals surface area contributed by atoms with E-state index in [9.17, 15) is 4.79 Å². The fourth-order valence-corrected chi connectivity index (χ4v) is 3.45. The maximum Gasteiger partial charge on any atom is 0.227 e. The zero-order valence-electron chi connectivity index (χ0n) is 14.7. The largest absolute Gasteiger partial charge is 0.370 e. The third-order valence-corrected chi connectivity index (χ3v) is 4.98. The minimum absolute atomic E-state index is 0.0499. The number of nitrogens with zero attached hydrogens (tertiary/aromatic N) is 4. The van der Waals surface area contributed by atoms with Crippen LogP contribution in [0.15, 0.2) is 23.5 Å². The fraction of sp³-hybridized carbons (Fsp3) is 0.529. The van der Waals surface area contributed by atoms with Gasteiger partial charge in [-0.1, -0.05) is 0 Å². The van der Waals surface area contributed by atoms with Gasteiger partial charge in [0.1, 0.15) is 0 Å². The van der Waals surface area contributed by atoms with Crippen molar-refractivity contribution in [2.45, 2.75) is 25.7 Å². The highest BCUT2D eigenvalue weighted by Crippen LogP contribution is 2.30. The standard InChI is InChI=1S/C17H25N7O/c1-19-17(18)24(2)10-11-3-5-12(6-4-11)16(25)22-14-7-8-20-15-13(14)9-21-23-15/h7-9,11-12H,3-6,10H2,1-2H3,(H2,18,19)(H2,20,21,22,23,25). The van der Waals surface area contributed by atoms with Crippen molar-refractivity contribution in [2.24, 2.45) is 22.6 Å². The van der Waals surface area contributed by atoms with Gasteiger partial charge in [0.25, 0.3) is 0 Å². The number of hydrogen-bond acceptors (Lipinski definition) is 4. The molecule has 0 aromatic carbocycles. The van der Waals surface area contributed by atoms with Gasteiger partial charge in [-0.05, 0) is 37.7 Å². The molecule has 0 atom stereocenters. The lowest BCUT2D eigenvalue weighted by Crippen LogP contribution is -2.39. The second-order valence-electron chi connectivity index (χ2n) is 6.66. The Morgan fingerprint density at radius 2 is 2.20 bits per heavy atom. The number of fused-ring (bicyclic) bond motifs is 1. The van der Waals surface area contributed by atoms with Crippen molar-refractivity contribution in [1.82, 2.24) is 20.1 Å². The molecule has 4 N–H and O–H groups in total. The fourth-order valence-electron chi connectivity index (χ4n) is 3.45. The Hall–Kier alpha value is -2.64. The van der Waals surface area contributed by atoms with Crippen molar-refractivity contribution >= 4 is 28.6 Å². The number of rotatable bonds is 4. The number of hydrogen-bond donors (Lipinski definition) is 3. The van der Waals surface area contributed by atoms with Crippen LogP contribution in [0.2, 0.25) is 0 Å². The highest BCUT2D eigenvalue weighted by molar-refractivity contribution is 6.00. The number of H-pyrrole nitrogens is 1. The molecule has 1 aliphatic rings. The molecule has 0 saturated heterocycles. The number of amides is 1. The Balaban J connectivity index is 1.54. The summed E-state index contributed by atoms with van der Waals surface area (Å²) in [5, 5.41) is 10.7. The molecule has 134 valence electrons. The number of carbonyl (C=O) groups excluding carboxylic acids is 1. The normalized spacial score (nSPS) is 21.3. The van der Waals surface area contributed by atoms with Crippen molar-refractivity contribution in [3.8, 4) is 0 Å². The molecule has 8 nitrogen and oxygen atoms in total.